The zero-order chi connectivity index (χ0) is 14.1. The summed E-state index contributed by atoms with van der Waals surface area (Å²) in [6, 6.07) is 9.58. The lowest BCUT2D eigenvalue weighted by atomic mass is 10.4. The van der Waals surface area contributed by atoms with E-state index in [4.69, 9.17) is 45.0 Å². The fraction of sp³-hybridized carbons (Fsp3) is 0.111. The van der Waals surface area contributed by atoms with Crippen LogP contribution in [0.25, 0.3) is 0 Å². The van der Waals surface area contributed by atoms with E-state index in [1.54, 1.807) is 6.08 Å². The minimum Gasteiger partial charge on any atom is -0.208 e. The molecule has 104 valence electrons. The third kappa shape index (κ3) is 3.92. The molecule has 1 heterocycles. The number of halogens is 4. The first-order valence-electron chi connectivity index (χ1n) is 5.14. The van der Waals surface area contributed by atoms with Gasteiger partial charge in [0.1, 0.15) is 7.21 Å². The molecular weight excluding hydrogens is 385 g/mol. The van der Waals surface area contributed by atoms with Gasteiger partial charge in [-0.1, -0.05) is 36.4 Å². The Balaban J connectivity index is 2.80. The van der Waals surface area contributed by atoms with Gasteiger partial charge in [0.05, 0.1) is 0 Å². The maximum Gasteiger partial charge on any atom is 0.255 e. The molecule has 1 aliphatic heterocycles. The van der Waals surface area contributed by atoms with E-state index in [0.29, 0.717) is 6.16 Å². The quantitative estimate of drug-likeness (QED) is 0.376. The van der Waals surface area contributed by atoms with Gasteiger partial charge in [0, 0.05) is 11.5 Å². The van der Waals surface area contributed by atoms with Gasteiger partial charge in [0.15, 0.2) is 0 Å². The van der Waals surface area contributed by atoms with Crippen molar-refractivity contribution in [1.29, 1.82) is 0 Å². The molecule has 10 heteroatoms. The Morgan fingerprint density at radius 3 is 2.05 bits per heavy atom. The minimum absolute atomic E-state index is 0.523. The third-order valence-corrected chi connectivity index (χ3v) is 14.9. The molecule has 0 fully saturated rings. The number of nitrogens with zero attached hydrogens (tertiary/aromatic N) is 3. The molecular formula is C9H10Cl4N3P3. The van der Waals surface area contributed by atoms with E-state index < -0.39 is 19.0 Å². The minimum atomic E-state index is -2.89. The molecule has 0 aliphatic carbocycles. The van der Waals surface area contributed by atoms with E-state index in [2.05, 4.69) is 20.1 Å². The summed E-state index contributed by atoms with van der Waals surface area (Å²) in [4.78, 5) is 0. The molecule has 0 aromatic heterocycles. The lowest BCUT2D eigenvalue weighted by Crippen LogP contribution is -2.05. The van der Waals surface area contributed by atoms with Gasteiger partial charge in [-0.3, -0.25) is 0 Å². The second-order valence-corrected chi connectivity index (χ2v) is 16.7. The molecule has 0 amide bonds. The van der Waals surface area contributed by atoms with Crippen LogP contribution in [0.2, 0.25) is 0 Å². The molecule has 0 bridgehead atoms. The Kier molecular flexibility index (Phi) is 5.02. The Morgan fingerprint density at radius 2 is 1.53 bits per heavy atom. The molecule has 3 nitrogen and oxygen atoms in total. The van der Waals surface area contributed by atoms with Crippen LogP contribution in [0.3, 0.4) is 0 Å². The average molecular weight is 395 g/mol. The highest BCUT2D eigenvalue weighted by molar-refractivity contribution is 8.21. The lowest BCUT2D eigenvalue weighted by Gasteiger charge is -2.26. The second kappa shape index (κ2) is 5.90. The van der Waals surface area contributed by atoms with Crippen LogP contribution in [0.5, 0.6) is 0 Å². The molecule has 0 radical (unpaired) electrons. The zero-order valence-corrected chi connectivity index (χ0v) is 15.3. The molecule has 0 saturated carbocycles. The molecule has 19 heavy (non-hydrogen) atoms. The first-order valence-corrected chi connectivity index (χ1v) is 14.0. The van der Waals surface area contributed by atoms with Crippen molar-refractivity contribution in [3.8, 4) is 0 Å². The number of benzene rings is 1. The van der Waals surface area contributed by atoms with Gasteiger partial charge in [-0.2, -0.15) is 4.52 Å². The molecule has 1 aliphatic rings. The summed E-state index contributed by atoms with van der Waals surface area (Å²) < 4.78 is 13.0. The number of allylic oxidation sites excluding steroid dienone is 1. The lowest BCUT2D eigenvalue weighted by molar-refractivity contribution is 1.62. The predicted octanol–water partition coefficient (Wildman–Crippen LogP) is 7.48. The second-order valence-electron chi connectivity index (χ2n) is 3.72. The Hall–Kier alpha value is 0.810. The summed E-state index contributed by atoms with van der Waals surface area (Å²) in [6.45, 7) is 3.75. The van der Waals surface area contributed by atoms with Crippen LogP contribution in [-0.2, 0) is 0 Å². The average Bonchev–Trinajstić information content (AvgIpc) is 2.26. The van der Waals surface area contributed by atoms with Crippen LogP contribution in [0.1, 0.15) is 0 Å². The number of rotatable bonds is 3. The predicted molar refractivity (Wildman–Crippen MR) is 92.6 cm³/mol. The summed E-state index contributed by atoms with van der Waals surface area (Å²) in [6.07, 6.45) is 2.26. The van der Waals surface area contributed by atoms with Gasteiger partial charge in [0.25, 0.3) is 11.8 Å². The molecule has 0 saturated heterocycles. The SMILES string of the molecule is C=CCP1(c2ccccc2)=NP(Cl)(Cl)=NP(Cl)(Cl)=N1. The van der Waals surface area contributed by atoms with Gasteiger partial charge in [0.2, 0.25) is 0 Å². The van der Waals surface area contributed by atoms with E-state index >= 15 is 0 Å². The molecule has 1 aromatic carbocycles. The molecule has 2 rings (SSSR count). The molecule has 1 atom stereocenters. The highest BCUT2D eigenvalue weighted by Gasteiger charge is 2.33. The van der Waals surface area contributed by atoms with Crippen molar-refractivity contribution < 1.29 is 0 Å². The van der Waals surface area contributed by atoms with Crippen LogP contribution >= 0.6 is 64.0 Å². The van der Waals surface area contributed by atoms with Crippen molar-refractivity contribution in [2.75, 3.05) is 6.16 Å². The topological polar surface area (TPSA) is 37.1 Å². The molecule has 0 spiro atoms. The summed E-state index contributed by atoms with van der Waals surface area (Å²) >= 11 is 24.6. The summed E-state index contributed by atoms with van der Waals surface area (Å²) in [5.41, 5.74) is 0. The maximum absolute atomic E-state index is 6.16. The number of hydrogen-bond acceptors (Lipinski definition) is 3. The van der Waals surface area contributed by atoms with Crippen molar-refractivity contribution in [3.05, 3.63) is 43.0 Å². The van der Waals surface area contributed by atoms with E-state index in [9.17, 15) is 0 Å². The smallest absolute Gasteiger partial charge is 0.208 e. The Morgan fingerprint density at radius 1 is 0.947 bits per heavy atom. The molecule has 1 unspecified atom stereocenters. The van der Waals surface area contributed by atoms with E-state index in [1.165, 1.54) is 0 Å². The normalized spacial score (nSPS) is 27.6. The fourth-order valence-corrected chi connectivity index (χ4v) is 18.4. The van der Waals surface area contributed by atoms with E-state index in [-0.39, 0.29) is 0 Å². The van der Waals surface area contributed by atoms with Gasteiger partial charge in [-0.15, -0.1) is 6.58 Å². The van der Waals surface area contributed by atoms with Crippen LogP contribution < -0.4 is 5.30 Å². The first kappa shape index (κ1) is 16.2. The first-order chi connectivity index (χ1) is 8.79. The highest BCUT2D eigenvalue weighted by atomic mass is 35.9. The van der Waals surface area contributed by atoms with Crippen molar-refractivity contribution in [1.82, 2.24) is 0 Å². The largest absolute Gasteiger partial charge is 0.255 e. The monoisotopic (exact) mass is 393 g/mol. The van der Waals surface area contributed by atoms with Crippen molar-refractivity contribution >= 4 is 69.3 Å². The summed E-state index contributed by atoms with van der Waals surface area (Å²) in [5, 5.41) is 0.932. The Bertz CT molecular complexity index is 651. The van der Waals surface area contributed by atoms with Gasteiger partial charge >= 0.3 is 0 Å². The Labute approximate surface area is 131 Å². The number of hydrogen-bond donors (Lipinski definition) is 0. The van der Waals surface area contributed by atoms with E-state index in [1.807, 2.05) is 30.3 Å². The van der Waals surface area contributed by atoms with Gasteiger partial charge in [-0.05, 0) is 45.0 Å². The standard InChI is InChI=1S/C9H10Cl4N3P3/c1-2-8-17(9-6-4-3-5-7-9)14-18(10,11)16-19(12,13)15-17/h2-7H,1,8H2. The fourth-order valence-electron chi connectivity index (χ4n) is 1.67. The highest BCUT2D eigenvalue weighted by Crippen LogP contribution is 2.84. The van der Waals surface area contributed by atoms with Crippen LogP contribution in [0.15, 0.2) is 56.5 Å². The van der Waals surface area contributed by atoms with Crippen molar-refractivity contribution in [3.63, 3.8) is 0 Å². The van der Waals surface area contributed by atoms with Crippen molar-refractivity contribution in [2.45, 2.75) is 0 Å². The van der Waals surface area contributed by atoms with Gasteiger partial charge in [-0.25, -0.2) is 9.03 Å². The molecule has 0 N–H and O–H groups in total. The van der Waals surface area contributed by atoms with Crippen LogP contribution in [0, 0.1) is 0 Å². The van der Waals surface area contributed by atoms with Crippen LogP contribution in [0.4, 0.5) is 0 Å². The molecule has 1 aromatic rings. The zero-order valence-electron chi connectivity index (χ0n) is 9.57. The summed E-state index contributed by atoms with van der Waals surface area (Å²) in [5.74, 6) is -5.77. The van der Waals surface area contributed by atoms with Crippen LogP contribution in [-0.4, -0.2) is 6.16 Å². The van der Waals surface area contributed by atoms with E-state index in [0.717, 1.165) is 5.30 Å². The third-order valence-electron chi connectivity index (χ3n) is 2.28. The maximum atomic E-state index is 6.16. The van der Waals surface area contributed by atoms with Crippen molar-refractivity contribution in [2.24, 2.45) is 13.5 Å². The summed E-state index contributed by atoms with van der Waals surface area (Å²) in [7, 11) is -2.38. The van der Waals surface area contributed by atoms with Gasteiger partial charge < -0.3 is 0 Å².